The zero-order chi connectivity index (χ0) is 20.9. The summed E-state index contributed by atoms with van der Waals surface area (Å²) in [7, 11) is -3.69. The highest BCUT2D eigenvalue weighted by Gasteiger charge is 2.26. The number of sulfonamides is 1. The van der Waals surface area contributed by atoms with Crippen molar-refractivity contribution in [3.8, 4) is 0 Å². The van der Waals surface area contributed by atoms with Crippen LogP contribution in [0.15, 0.2) is 35.2 Å². The lowest BCUT2D eigenvalue weighted by Gasteiger charge is -2.22. The van der Waals surface area contributed by atoms with E-state index in [1.54, 1.807) is 0 Å². The summed E-state index contributed by atoms with van der Waals surface area (Å²) >= 11 is 0. The molecule has 0 spiro atoms. The van der Waals surface area contributed by atoms with Crippen molar-refractivity contribution in [1.82, 2.24) is 4.72 Å². The quantitative estimate of drug-likeness (QED) is 0.671. The van der Waals surface area contributed by atoms with Gasteiger partial charge in [0, 0.05) is 6.04 Å². The lowest BCUT2D eigenvalue weighted by molar-refractivity contribution is 0.102. The summed E-state index contributed by atoms with van der Waals surface area (Å²) in [6.45, 7) is 10.8. The fourth-order valence-corrected chi connectivity index (χ4v) is 5.27. The molecule has 0 aliphatic carbocycles. The van der Waals surface area contributed by atoms with Crippen LogP contribution in [0.5, 0.6) is 0 Å². The number of hydrogen-bond donors (Lipinski definition) is 2. The van der Waals surface area contributed by atoms with Gasteiger partial charge in [-0.2, -0.15) is 0 Å². The Labute approximate surface area is 169 Å². The van der Waals surface area contributed by atoms with Crippen molar-refractivity contribution in [2.75, 3.05) is 13.2 Å². The maximum atomic E-state index is 13.2. The number of rotatable bonds is 9. The fourth-order valence-electron chi connectivity index (χ4n) is 3.42. The van der Waals surface area contributed by atoms with E-state index in [4.69, 9.17) is 10.5 Å². The second-order valence-corrected chi connectivity index (χ2v) is 9.00. The Morgan fingerprint density at radius 1 is 0.929 bits per heavy atom. The average molecular weight is 405 g/mol. The van der Waals surface area contributed by atoms with E-state index in [2.05, 4.69) is 4.72 Å². The van der Waals surface area contributed by atoms with Crippen LogP contribution in [0.4, 0.5) is 0 Å². The van der Waals surface area contributed by atoms with E-state index in [0.29, 0.717) is 24.5 Å². The van der Waals surface area contributed by atoms with Crippen LogP contribution >= 0.6 is 0 Å². The highest BCUT2D eigenvalue weighted by molar-refractivity contribution is 7.89. The van der Waals surface area contributed by atoms with Gasteiger partial charge in [0.15, 0.2) is 0 Å². The summed E-state index contributed by atoms with van der Waals surface area (Å²) in [5.74, 6) is 0. The first-order valence-electron chi connectivity index (χ1n) is 9.60. The average Bonchev–Trinajstić information content (AvgIpc) is 2.65. The van der Waals surface area contributed by atoms with E-state index in [0.717, 1.165) is 33.4 Å². The molecule has 0 radical (unpaired) electrons. The van der Waals surface area contributed by atoms with Gasteiger partial charge in [-0.05, 0) is 81.0 Å². The molecule has 0 aliphatic rings. The molecule has 1 unspecified atom stereocenters. The molecule has 6 heteroatoms. The Kier molecular flexibility index (Phi) is 7.78. The Bertz CT molecular complexity index is 880. The van der Waals surface area contributed by atoms with E-state index in [9.17, 15) is 8.42 Å². The minimum Gasteiger partial charge on any atom is -0.375 e. The molecule has 0 fully saturated rings. The van der Waals surface area contributed by atoms with Crippen molar-refractivity contribution in [3.63, 3.8) is 0 Å². The van der Waals surface area contributed by atoms with Gasteiger partial charge in [0.2, 0.25) is 10.0 Å². The van der Waals surface area contributed by atoms with E-state index in [-0.39, 0.29) is 12.6 Å². The van der Waals surface area contributed by atoms with Gasteiger partial charge in [0.25, 0.3) is 0 Å². The standard InChI is InChI=1S/C22H32N2O3S/c1-15-16(2)18(4)22(19(5)17(15)3)28(25,26)24-21(11-12-23)14-27-13-20-9-7-6-8-10-20/h6-10,21,24H,11-14,23H2,1-5H3. The van der Waals surface area contributed by atoms with Crippen LogP contribution in [0.3, 0.4) is 0 Å². The van der Waals surface area contributed by atoms with E-state index in [1.165, 1.54) is 0 Å². The number of ether oxygens (including phenoxy) is 1. The third kappa shape index (κ3) is 5.20. The van der Waals surface area contributed by atoms with E-state index in [1.807, 2.05) is 65.0 Å². The summed E-state index contributed by atoms with van der Waals surface area (Å²) in [5.41, 5.74) is 11.5. The van der Waals surface area contributed by atoms with Crippen molar-refractivity contribution in [3.05, 3.63) is 63.7 Å². The lowest BCUT2D eigenvalue weighted by Crippen LogP contribution is -2.40. The van der Waals surface area contributed by atoms with Crippen LogP contribution in [0.1, 0.15) is 39.8 Å². The topological polar surface area (TPSA) is 81.4 Å². The smallest absolute Gasteiger partial charge is 0.241 e. The zero-order valence-electron chi connectivity index (χ0n) is 17.5. The Morgan fingerprint density at radius 2 is 1.46 bits per heavy atom. The molecule has 154 valence electrons. The summed E-state index contributed by atoms with van der Waals surface area (Å²) in [6.07, 6.45) is 0.510. The molecule has 3 N–H and O–H groups in total. The molecule has 0 bridgehead atoms. The molecule has 0 saturated carbocycles. The van der Waals surface area contributed by atoms with Gasteiger partial charge in [-0.15, -0.1) is 0 Å². The number of nitrogens with one attached hydrogen (secondary N) is 1. The molecule has 0 saturated heterocycles. The highest BCUT2D eigenvalue weighted by Crippen LogP contribution is 2.29. The molecule has 5 nitrogen and oxygen atoms in total. The monoisotopic (exact) mass is 404 g/mol. The summed E-state index contributed by atoms with van der Waals surface area (Å²) < 4.78 is 35.0. The number of benzene rings is 2. The van der Waals surface area contributed by atoms with Crippen molar-refractivity contribution in [2.45, 2.75) is 58.6 Å². The third-order valence-corrected chi connectivity index (χ3v) is 7.26. The normalized spacial score (nSPS) is 12.9. The first kappa shape index (κ1) is 22.6. The highest BCUT2D eigenvalue weighted by atomic mass is 32.2. The van der Waals surface area contributed by atoms with Gasteiger partial charge in [0.05, 0.1) is 18.1 Å². The van der Waals surface area contributed by atoms with Crippen LogP contribution in [0.2, 0.25) is 0 Å². The van der Waals surface area contributed by atoms with Crippen molar-refractivity contribution in [2.24, 2.45) is 5.73 Å². The molecular formula is C22H32N2O3S. The minimum absolute atomic E-state index is 0.271. The van der Waals surface area contributed by atoms with Crippen LogP contribution in [0, 0.1) is 34.6 Å². The van der Waals surface area contributed by atoms with Gasteiger partial charge in [0.1, 0.15) is 0 Å². The maximum absolute atomic E-state index is 13.2. The van der Waals surface area contributed by atoms with Gasteiger partial charge < -0.3 is 10.5 Å². The summed E-state index contributed by atoms with van der Waals surface area (Å²) in [5, 5.41) is 0. The predicted octanol–water partition coefficient (Wildman–Crippen LogP) is 3.44. The molecule has 2 aromatic carbocycles. The van der Waals surface area contributed by atoms with Crippen molar-refractivity contribution < 1.29 is 13.2 Å². The molecule has 0 amide bonds. The SMILES string of the molecule is Cc1c(C)c(C)c(S(=O)(=O)NC(CCN)COCc2ccccc2)c(C)c1C. The predicted molar refractivity (Wildman–Crippen MR) is 114 cm³/mol. The molecule has 0 aliphatic heterocycles. The molecular weight excluding hydrogens is 372 g/mol. The van der Waals surface area contributed by atoms with E-state index < -0.39 is 10.0 Å². The third-order valence-electron chi connectivity index (χ3n) is 5.47. The van der Waals surface area contributed by atoms with Gasteiger partial charge >= 0.3 is 0 Å². The molecule has 28 heavy (non-hydrogen) atoms. The van der Waals surface area contributed by atoms with Gasteiger partial charge in [-0.1, -0.05) is 30.3 Å². The second kappa shape index (κ2) is 9.65. The van der Waals surface area contributed by atoms with Crippen molar-refractivity contribution >= 4 is 10.0 Å². The van der Waals surface area contributed by atoms with Crippen LogP contribution in [-0.2, 0) is 21.4 Å². The van der Waals surface area contributed by atoms with Gasteiger partial charge in [-0.3, -0.25) is 0 Å². The Hall–Kier alpha value is -1.73. The molecule has 0 heterocycles. The molecule has 1 atom stereocenters. The first-order chi connectivity index (χ1) is 13.2. The fraction of sp³-hybridized carbons (Fsp3) is 0.455. The maximum Gasteiger partial charge on any atom is 0.241 e. The van der Waals surface area contributed by atoms with E-state index >= 15 is 0 Å². The molecule has 2 aromatic rings. The summed E-state index contributed by atoms with van der Waals surface area (Å²) in [6, 6.07) is 9.43. The van der Waals surface area contributed by atoms with Crippen LogP contribution in [0.25, 0.3) is 0 Å². The minimum atomic E-state index is -3.69. The Balaban J connectivity index is 2.20. The first-order valence-corrected chi connectivity index (χ1v) is 11.1. The van der Waals surface area contributed by atoms with Crippen molar-refractivity contribution in [1.29, 1.82) is 0 Å². The lowest BCUT2D eigenvalue weighted by atomic mass is 9.95. The molecule has 2 rings (SSSR count). The Morgan fingerprint density at radius 3 is 2.00 bits per heavy atom. The molecule has 0 aromatic heterocycles. The summed E-state index contributed by atoms with van der Waals surface area (Å²) in [4.78, 5) is 0.373. The van der Waals surface area contributed by atoms with Gasteiger partial charge in [-0.25, -0.2) is 13.1 Å². The van der Waals surface area contributed by atoms with Crippen LogP contribution in [-0.4, -0.2) is 27.6 Å². The number of nitrogens with two attached hydrogens (primary N) is 1. The second-order valence-electron chi connectivity index (χ2n) is 7.35. The van der Waals surface area contributed by atoms with Crippen LogP contribution < -0.4 is 10.5 Å². The largest absolute Gasteiger partial charge is 0.375 e. The zero-order valence-corrected chi connectivity index (χ0v) is 18.3. The number of hydrogen-bond acceptors (Lipinski definition) is 4.